The Balaban J connectivity index is 1.41. The maximum atomic E-state index is 12.8. The average molecular weight is 386 g/mol. The molecule has 2 saturated heterocycles. The second-order valence-corrected chi connectivity index (χ2v) is 7.70. The number of nitrogens with zero attached hydrogens (tertiary/aromatic N) is 1. The predicted molar refractivity (Wildman–Crippen MR) is 101 cm³/mol. The molecule has 3 amide bonds. The average Bonchev–Trinajstić information content (AvgIpc) is 2.99. The van der Waals surface area contributed by atoms with Crippen molar-refractivity contribution in [1.82, 2.24) is 20.9 Å². The molecule has 3 aliphatic heterocycles. The minimum absolute atomic E-state index is 0.127. The van der Waals surface area contributed by atoms with E-state index in [2.05, 4.69) is 22.9 Å². The second-order valence-electron chi connectivity index (χ2n) is 7.70. The SMILES string of the molecule is CC1CNCC(CNCc2cccc3c2CN(C2CCC(=O)NC2=O)C3=O)O1. The topological polar surface area (TPSA) is 99.8 Å². The van der Waals surface area contributed by atoms with Crippen LogP contribution in [-0.2, 0) is 27.4 Å². The molecule has 3 unspecified atom stereocenters. The molecule has 0 radical (unpaired) electrons. The lowest BCUT2D eigenvalue weighted by Crippen LogP contribution is -2.52. The van der Waals surface area contributed by atoms with Gasteiger partial charge in [-0.15, -0.1) is 0 Å². The summed E-state index contributed by atoms with van der Waals surface area (Å²) in [6.45, 7) is 5.52. The summed E-state index contributed by atoms with van der Waals surface area (Å²) >= 11 is 0. The van der Waals surface area contributed by atoms with Gasteiger partial charge in [0.2, 0.25) is 11.8 Å². The van der Waals surface area contributed by atoms with Gasteiger partial charge in [0.1, 0.15) is 6.04 Å². The van der Waals surface area contributed by atoms with Gasteiger partial charge in [-0.2, -0.15) is 0 Å². The predicted octanol–water partition coefficient (Wildman–Crippen LogP) is -0.0859. The maximum Gasteiger partial charge on any atom is 0.255 e. The maximum absolute atomic E-state index is 12.8. The van der Waals surface area contributed by atoms with Crippen LogP contribution < -0.4 is 16.0 Å². The van der Waals surface area contributed by atoms with Crippen molar-refractivity contribution in [1.29, 1.82) is 0 Å². The summed E-state index contributed by atoms with van der Waals surface area (Å²) in [5, 5.41) is 9.12. The largest absolute Gasteiger partial charge is 0.371 e. The van der Waals surface area contributed by atoms with E-state index in [1.54, 1.807) is 4.90 Å². The van der Waals surface area contributed by atoms with Crippen molar-refractivity contribution >= 4 is 17.7 Å². The molecule has 1 aromatic carbocycles. The van der Waals surface area contributed by atoms with Gasteiger partial charge in [-0.1, -0.05) is 12.1 Å². The molecule has 3 heterocycles. The Labute approximate surface area is 164 Å². The fourth-order valence-corrected chi connectivity index (χ4v) is 4.18. The highest BCUT2D eigenvalue weighted by Crippen LogP contribution is 2.29. The number of ether oxygens (including phenoxy) is 1. The fraction of sp³-hybridized carbons (Fsp3) is 0.550. The first kappa shape index (κ1) is 19.0. The number of carbonyl (C=O) groups excluding carboxylic acids is 3. The molecule has 150 valence electrons. The molecule has 3 atom stereocenters. The lowest BCUT2D eigenvalue weighted by Gasteiger charge is -2.29. The van der Waals surface area contributed by atoms with Crippen molar-refractivity contribution in [2.75, 3.05) is 19.6 Å². The van der Waals surface area contributed by atoms with E-state index in [4.69, 9.17) is 4.74 Å². The number of nitrogens with one attached hydrogen (secondary N) is 3. The summed E-state index contributed by atoms with van der Waals surface area (Å²) in [6.07, 6.45) is 0.976. The molecule has 3 N–H and O–H groups in total. The van der Waals surface area contributed by atoms with Crippen molar-refractivity contribution in [3.63, 3.8) is 0 Å². The van der Waals surface area contributed by atoms with E-state index in [1.807, 2.05) is 18.2 Å². The molecule has 0 saturated carbocycles. The van der Waals surface area contributed by atoms with Crippen molar-refractivity contribution in [2.24, 2.45) is 0 Å². The van der Waals surface area contributed by atoms with E-state index >= 15 is 0 Å². The summed E-state index contributed by atoms with van der Waals surface area (Å²) in [7, 11) is 0. The zero-order valence-electron chi connectivity index (χ0n) is 16.0. The smallest absolute Gasteiger partial charge is 0.255 e. The molecule has 2 fully saturated rings. The molecule has 28 heavy (non-hydrogen) atoms. The van der Waals surface area contributed by atoms with Crippen LogP contribution in [0.3, 0.4) is 0 Å². The number of piperidine rings is 1. The number of imide groups is 1. The quantitative estimate of drug-likeness (QED) is 0.612. The van der Waals surface area contributed by atoms with Crippen LogP contribution in [0.15, 0.2) is 18.2 Å². The third-order valence-corrected chi connectivity index (χ3v) is 5.60. The van der Waals surface area contributed by atoms with Crippen LogP contribution in [0.4, 0.5) is 0 Å². The number of rotatable bonds is 5. The van der Waals surface area contributed by atoms with Gasteiger partial charge in [0.25, 0.3) is 5.91 Å². The molecule has 0 spiro atoms. The molecule has 3 aliphatic rings. The van der Waals surface area contributed by atoms with Crippen molar-refractivity contribution in [2.45, 2.75) is 51.1 Å². The number of carbonyl (C=O) groups is 3. The molecular formula is C20H26N4O4. The summed E-state index contributed by atoms with van der Waals surface area (Å²) in [4.78, 5) is 38.0. The van der Waals surface area contributed by atoms with Gasteiger partial charge in [-0.05, 0) is 30.5 Å². The van der Waals surface area contributed by atoms with Crippen LogP contribution in [-0.4, -0.2) is 60.5 Å². The highest BCUT2D eigenvalue weighted by molar-refractivity contribution is 6.05. The van der Waals surface area contributed by atoms with E-state index in [9.17, 15) is 14.4 Å². The Morgan fingerprint density at radius 1 is 1.25 bits per heavy atom. The third-order valence-electron chi connectivity index (χ3n) is 5.60. The number of benzene rings is 1. The van der Waals surface area contributed by atoms with Crippen molar-refractivity contribution in [3.8, 4) is 0 Å². The first-order chi connectivity index (χ1) is 13.5. The number of amides is 3. The van der Waals surface area contributed by atoms with Crippen molar-refractivity contribution in [3.05, 3.63) is 34.9 Å². The summed E-state index contributed by atoms with van der Waals surface area (Å²) < 4.78 is 5.89. The van der Waals surface area contributed by atoms with Gasteiger partial charge in [0, 0.05) is 44.7 Å². The van der Waals surface area contributed by atoms with E-state index < -0.39 is 6.04 Å². The Morgan fingerprint density at radius 2 is 2.11 bits per heavy atom. The summed E-state index contributed by atoms with van der Waals surface area (Å²) in [5.74, 6) is -0.794. The van der Waals surface area contributed by atoms with Crippen molar-refractivity contribution < 1.29 is 19.1 Å². The van der Waals surface area contributed by atoms with Gasteiger partial charge >= 0.3 is 0 Å². The zero-order chi connectivity index (χ0) is 19.7. The Bertz CT molecular complexity index is 796. The fourth-order valence-electron chi connectivity index (χ4n) is 4.18. The minimum atomic E-state index is -0.582. The molecular weight excluding hydrogens is 360 g/mol. The van der Waals surface area contributed by atoms with Crippen LogP contribution in [0, 0.1) is 0 Å². The van der Waals surface area contributed by atoms with Gasteiger partial charge in [0.05, 0.1) is 12.2 Å². The molecule has 0 aliphatic carbocycles. The van der Waals surface area contributed by atoms with Crippen LogP contribution in [0.5, 0.6) is 0 Å². The molecule has 8 nitrogen and oxygen atoms in total. The lowest BCUT2D eigenvalue weighted by atomic mass is 10.0. The third kappa shape index (κ3) is 3.80. The summed E-state index contributed by atoms with van der Waals surface area (Å²) in [5.41, 5.74) is 2.66. The first-order valence-electron chi connectivity index (χ1n) is 9.85. The van der Waals surface area contributed by atoms with Crippen LogP contribution >= 0.6 is 0 Å². The second kappa shape index (κ2) is 7.98. The van der Waals surface area contributed by atoms with E-state index in [0.29, 0.717) is 25.1 Å². The standard InChI is InChI=1S/C20H26N4O4/c1-12-7-21-9-14(28-12)10-22-8-13-3-2-4-15-16(13)11-24(20(15)27)17-5-6-18(25)23-19(17)26/h2-4,12,14,17,21-22H,5-11H2,1H3,(H,23,25,26). The molecule has 8 heteroatoms. The molecule has 0 aromatic heterocycles. The van der Waals surface area contributed by atoms with Crippen LogP contribution in [0.2, 0.25) is 0 Å². The Kier molecular flexibility index (Phi) is 5.43. The Morgan fingerprint density at radius 3 is 2.89 bits per heavy atom. The van der Waals surface area contributed by atoms with Gasteiger partial charge in [-0.3, -0.25) is 19.7 Å². The van der Waals surface area contributed by atoms with E-state index in [1.165, 1.54) is 0 Å². The molecule has 0 bridgehead atoms. The number of hydrogen-bond donors (Lipinski definition) is 3. The lowest BCUT2D eigenvalue weighted by molar-refractivity contribution is -0.136. The molecule has 4 rings (SSSR count). The monoisotopic (exact) mass is 386 g/mol. The normalized spacial score (nSPS) is 27.7. The minimum Gasteiger partial charge on any atom is -0.371 e. The number of morpholine rings is 1. The molecule has 1 aromatic rings. The van der Waals surface area contributed by atoms with Gasteiger partial charge in [0.15, 0.2) is 0 Å². The van der Waals surface area contributed by atoms with Crippen LogP contribution in [0.1, 0.15) is 41.3 Å². The Hall–Kier alpha value is -2.29. The van der Waals surface area contributed by atoms with E-state index in [0.717, 1.165) is 30.8 Å². The highest BCUT2D eigenvalue weighted by atomic mass is 16.5. The van der Waals surface area contributed by atoms with Gasteiger partial charge in [-0.25, -0.2) is 0 Å². The summed E-state index contributed by atoms with van der Waals surface area (Å²) in [6, 6.07) is 5.11. The highest BCUT2D eigenvalue weighted by Gasteiger charge is 2.39. The zero-order valence-corrected chi connectivity index (χ0v) is 16.0. The first-order valence-corrected chi connectivity index (χ1v) is 9.85. The number of fused-ring (bicyclic) bond motifs is 1. The van der Waals surface area contributed by atoms with E-state index in [-0.39, 0.29) is 36.4 Å². The number of hydrogen-bond acceptors (Lipinski definition) is 6. The van der Waals surface area contributed by atoms with Crippen LogP contribution in [0.25, 0.3) is 0 Å². The van der Waals surface area contributed by atoms with Gasteiger partial charge < -0.3 is 20.3 Å².